The predicted molar refractivity (Wildman–Crippen MR) is 193 cm³/mol. The molecule has 2 aromatic rings. The molecule has 9 atom stereocenters. The van der Waals surface area contributed by atoms with Gasteiger partial charge in [-0.1, -0.05) is 107 Å². The van der Waals surface area contributed by atoms with Gasteiger partial charge in [0.1, 0.15) is 0 Å². The third kappa shape index (κ3) is 7.26. The van der Waals surface area contributed by atoms with Gasteiger partial charge >= 0.3 is 120 Å². The molecular weight excluding hydrogens is 750 g/mol. The molecule has 48 heavy (non-hydrogen) atoms. The van der Waals surface area contributed by atoms with Crippen molar-refractivity contribution in [3.05, 3.63) is 149 Å². The van der Waals surface area contributed by atoms with Gasteiger partial charge in [-0.25, -0.2) is 12.2 Å². The standard InChI is InChI=1S/C25H33.C13H8Cl2.C5H5.2ClH.Zr/c1-17-10-9-11-18-16-24(3)22(21(17)18)19-12-5-6-13-20(19)23(2)14-7-8-15-25(23,24)4;14-12-5-1-3-10(8-12)7-11-4-2-6-13(15)9-11;1-2-4-5-3-1;;;/h5-8,12-22H,9-11H2,1-4H3;1-6,8-9H;1-3H,4H2;2*1H;/q-1;;-1;;;+2/p-2. The first-order valence-corrected chi connectivity index (χ1v) is 19.0. The summed E-state index contributed by atoms with van der Waals surface area (Å²) < 4.78 is 1.26. The van der Waals surface area contributed by atoms with Gasteiger partial charge in [-0.05, 0) is 28.6 Å². The molecule has 0 bridgehead atoms. The summed E-state index contributed by atoms with van der Waals surface area (Å²) in [5.41, 5.74) is 3.01. The molecule has 0 aliphatic heterocycles. The molecule has 3 fully saturated rings. The van der Waals surface area contributed by atoms with E-state index in [1.54, 1.807) is 0 Å². The molecule has 0 saturated heterocycles. The van der Waals surface area contributed by atoms with E-state index >= 15 is 0 Å². The molecule has 0 heterocycles. The minimum atomic E-state index is 0. The Morgan fingerprint density at radius 3 is 2.08 bits per heavy atom. The third-order valence-electron chi connectivity index (χ3n) is 12.3. The smallest absolute Gasteiger partial charge is 0.109 e. The number of rotatable bonds is 2. The molecule has 0 radical (unpaired) electrons. The van der Waals surface area contributed by atoms with Crippen LogP contribution in [0.2, 0.25) is 10.0 Å². The van der Waals surface area contributed by atoms with Crippen molar-refractivity contribution in [3.63, 3.8) is 0 Å². The molecule has 6 aliphatic rings. The largest absolute Gasteiger partial charge is 1.00 e. The summed E-state index contributed by atoms with van der Waals surface area (Å²) in [7, 11) is 0. The molecule has 3 saturated carbocycles. The maximum Gasteiger partial charge on any atom is -0.109 e. The minimum absolute atomic E-state index is 0. The summed E-state index contributed by atoms with van der Waals surface area (Å²) in [6.45, 7) is 10.3. The Morgan fingerprint density at radius 1 is 0.854 bits per heavy atom. The van der Waals surface area contributed by atoms with E-state index < -0.39 is 0 Å². The minimum Gasteiger partial charge on any atom is -1.00 e. The summed E-state index contributed by atoms with van der Waals surface area (Å²) in [4.78, 5) is 0. The van der Waals surface area contributed by atoms with E-state index in [4.69, 9.17) is 23.2 Å². The molecule has 8 rings (SSSR count). The van der Waals surface area contributed by atoms with Crippen LogP contribution in [0.5, 0.6) is 0 Å². The third-order valence-corrected chi connectivity index (χ3v) is 14.2. The van der Waals surface area contributed by atoms with Crippen LogP contribution in [0.3, 0.4) is 0 Å². The summed E-state index contributed by atoms with van der Waals surface area (Å²) >= 11 is 13.3. The molecule has 6 aliphatic carbocycles. The Balaban J connectivity index is 0.000000195. The van der Waals surface area contributed by atoms with Crippen molar-refractivity contribution >= 4 is 26.4 Å². The van der Waals surface area contributed by atoms with E-state index in [2.05, 4.69) is 107 Å². The monoisotopic (exact) mass is 792 g/mol. The van der Waals surface area contributed by atoms with Gasteiger partial charge in [0.25, 0.3) is 0 Å². The number of halogens is 4. The number of benzene rings is 2. The van der Waals surface area contributed by atoms with Crippen molar-refractivity contribution < 1.29 is 49.0 Å². The van der Waals surface area contributed by atoms with E-state index in [-0.39, 0.29) is 41.1 Å². The first-order chi connectivity index (χ1) is 22.1. The molecule has 0 aromatic heterocycles. The first kappa shape index (κ1) is 39.6. The van der Waals surface area contributed by atoms with E-state index in [1.165, 1.54) is 46.7 Å². The maximum absolute atomic E-state index is 5.98. The second-order valence-corrected chi connectivity index (χ2v) is 16.7. The van der Waals surface area contributed by atoms with E-state index in [1.807, 2.05) is 48.6 Å². The van der Waals surface area contributed by atoms with Gasteiger partial charge in [0.15, 0.2) is 0 Å². The normalized spacial score (nSPS) is 35.7. The Labute approximate surface area is 327 Å². The van der Waals surface area contributed by atoms with Crippen molar-refractivity contribution in [3.8, 4) is 0 Å². The SMILES string of the molecule is CC1CCCC2[CH-]C3(C)C(C4C=CC=CC4C4(C)C=CC=CC43C)C12.Clc1cccc([C](=[Zr+2])c2cccc(Cl)c2)c1.[C-]1=CC=CC1.[Cl-].[Cl-]. The van der Waals surface area contributed by atoms with Crippen molar-refractivity contribution in [2.45, 2.75) is 53.4 Å². The molecule has 252 valence electrons. The molecule has 9 unspecified atom stereocenters. The molecule has 2 aromatic carbocycles. The van der Waals surface area contributed by atoms with Gasteiger partial charge in [0.2, 0.25) is 0 Å². The topological polar surface area (TPSA) is 0 Å². The van der Waals surface area contributed by atoms with Crippen molar-refractivity contribution in [1.82, 2.24) is 0 Å². The average Bonchev–Trinajstić information content (AvgIpc) is 3.74. The van der Waals surface area contributed by atoms with Crippen LogP contribution in [0.1, 0.15) is 64.5 Å². The van der Waals surface area contributed by atoms with Crippen LogP contribution < -0.4 is 24.8 Å². The van der Waals surface area contributed by atoms with Crippen LogP contribution in [0.15, 0.2) is 115 Å². The number of allylic oxidation sites excluding steroid dienone is 12. The molecule has 0 N–H and O–H groups in total. The van der Waals surface area contributed by atoms with Crippen LogP contribution >= 0.6 is 23.2 Å². The molecule has 0 nitrogen and oxygen atoms in total. The molecule has 5 heteroatoms. The molecule has 0 amide bonds. The fourth-order valence-electron chi connectivity index (χ4n) is 9.86. The van der Waals surface area contributed by atoms with Gasteiger partial charge in [0, 0.05) is 0 Å². The second kappa shape index (κ2) is 16.4. The van der Waals surface area contributed by atoms with Gasteiger partial charge in [-0.2, -0.15) is 12.0 Å². The van der Waals surface area contributed by atoms with Crippen LogP contribution in [-0.2, 0) is 24.2 Å². The maximum atomic E-state index is 5.98. The number of fused-ring (bicyclic) bond motifs is 8. The van der Waals surface area contributed by atoms with E-state index in [0.717, 1.165) is 51.3 Å². The quantitative estimate of drug-likeness (QED) is 0.337. The summed E-state index contributed by atoms with van der Waals surface area (Å²) in [6.07, 6.45) is 36.6. The van der Waals surface area contributed by atoms with E-state index in [0.29, 0.717) is 11.8 Å². The van der Waals surface area contributed by atoms with Crippen molar-refractivity contribution in [2.24, 2.45) is 51.8 Å². The van der Waals surface area contributed by atoms with Crippen LogP contribution in [-0.4, -0.2) is 3.21 Å². The Morgan fingerprint density at radius 2 is 1.50 bits per heavy atom. The summed E-state index contributed by atoms with van der Waals surface area (Å²) in [5.74, 6) is 4.69. The van der Waals surface area contributed by atoms with Crippen molar-refractivity contribution in [2.75, 3.05) is 0 Å². The zero-order valence-corrected chi connectivity index (χ0v) is 33.8. The molecule has 0 spiro atoms. The zero-order chi connectivity index (χ0) is 32.5. The Hall–Kier alpha value is -1.21. The zero-order valence-electron chi connectivity index (χ0n) is 28.4. The number of hydrogen-bond acceptors (Lipinski definition) is 0. The Kier molecular flexibility index (Phi) is 13.5. The fourth-order valence-corrected chi connectivity index (χ4v) is 11.0. The van der Waals surface area contributed by atoms with Crippen LogP contribution in [0.4, 0.5) is 0 Å². The Bertz CT molecular complexity index is 1580. The average molecular weight is 796 g/mol. The van der Waals surface area contributed by atoms with Gasteiger partial charge in [-0.3, -0.25) is 6.08 Å². The number of hydrogen-bond donors (Lipinski definition) is 0. The van der Waals surface area contributed by atoms with Crippen LogP contribution in [0, 0.1) is 64.2 Å². The molecular formula is C43H46Cl4Zr-2. The second-order valence-electron chi connectivity index (χ2n) is 14.6. The van der Waals surface area contributed by atoms with Crippen LogP contribution in [0.25, 0.3) is 0 Å². The van der Waals surface area contributed by atoms with Gasteiger partial charge in [0.05, 0.1) is 0 Å². The summed E-state index contributed by atoms with van der Waals surface area (Å²) in [6, 6.07) is 15.8. The predicted octanol–water partition coefficient (Wildman–Crippen LogP) is 5.81. The first-order valence-electron chi connectivity index (χ1n) is 17.0. The van der Waals surface area contributed by atoms with E-state index in [9.17, 15) is 0 Å². The van der Waals surface area contributed by atoms with Gasteiger partial charge in [-0.15, -0.1) is 11.8 Å². The van der Waals surface area contributed by atoms with Crippen molar-refractivity contribution in [1.29, 1.82) is 0 Å². The fraction of sp³-hybridized carbons (Fsp3) is 0.395. The van der Waals surface area contributed by atoms with Gasteiger partial charge < -0.3 is 31.2 Å². The summed E-state index contributed by atoms with van der Waals surface area (Å²) in [5, 5.41) is 1.53.